The van der Waals surface area contributed by atoms with Crippen LogP contribution in [-0.4, -0.2) is 41.6 Å². The molecule has 0 saturated carbocycles. The second-order valence-corrected chi connectivity index (χ2v) is 7.02. The minimum absolute atomic E-state index is 0.145. The van der Waals surface area contributed by atoms with Gasteiger partial charge in [-0.2, -0.15) is 0 Å². The first-order valence-corrected chi connectivity index (χ1v) is 9.51. The molecule has 0 aliphatic rings. The number of thioether (sulfide) groups is 1. The van der Waals surface area contributed by atoms with Crippen LogP contribution in [0.3, 0.4) is 0 Å². The Kier molecular flexibility index (Phi) is 9.72. The summed E-state index contributed by atoms with van der Waals surface area (Å²) in [6, 6.07) is 6.55. The molecule has 0 atom stereocenters. The van der Waals surface area contributed by atoms with Crippen molar-refractivity contribution in [3.05, 3.63) is 51.0 Å². The maximum atomic E-state index is 11.4. The summed E-state index contributed by atoms with van der Waals surface area (Å²) >= 11 is 18.5. The van der Waals surface area contributed by atoms with E-state index in [0.717, 1.165) is 10.6 Å². The summed E-state index contributed by atoms with van der Waals surface area (Å²) in [7, 11) is 3.08. The van der Waals surface area contributed by atoms with Crippen molar-refractivity contribution in [2.75, 3.05) is 19.8 Å². The average Bonchev–Trinajstić information content (AvgIpc) is 2.64. The zero-order valence-electron chi connectivity index (χ0n) is 14.3. The summed E-state index contributed by atoms with van der Waals surface area (Å²) < 4.78 is 0. The van der Waals surface area contributed by atoms with Crippen molar-refractivity contribution < 1.29 is 9.59 Å². The fourth-order valence-corrected chi connectivity index (χ4v) is 2.91. The number of hydrogen-bond donors (Lipinski definition) is 2. The molecule has 26 heavy (non-hydrogen) atoms. The molecule has 0 aliphatic carbocycles. The molecule has 0 saturated heterocycles. The van der Waals surface area contributed by atoms with Crippen molar-refractivity contribution in [2.45, 2.75) is 11.8 Å². The molecule has 0 bridgehead atoms. The van der Waals surface area contributed by atoms with Gasteiger partial charge in [0.05, 0.1) is 5.02 Å². The van der Waals surface area contributed by atoms with Crippen molar-refractivity contribution in [3.63, 3.8) is 0 Å². The van der Waals surface area contributed by atoms with Gasteiger partial charge in [0, 0.05) is 19.0 Å². The Morgan fingerprint density at radius 2 is 1.42 bits per heavy atom. The normalized spacial score (nSPS) is 9.77. The lowest BCUT2D eigenvalue weighted by atomic mass is 10.3. The minimum atomic E-state index is -0.345. The van der Waals surface area contributed by atoms with Gasteiger partial charge < -0.3 is 10.6 Å². The van der Waals surface area contributed by atoms with E-state index < -0.39 is 0 Å². The largest absolute Gasteiger partial charge is 0.354 e. The van der Waals surface area contributed by atoms with Gasteiger partial charge in [-0.1, -0.05) is 41.7 Å². The molecule has 2 aromatic heterocycles. The van der Waals surface area contributed by atoms with Crippen LogP contribution >= 0.6 is 46.6 Å². The number of nitrogens with one attached hydrogen (secondary N) is 2. The predicted octanol–water partition coefficient (Wildman–Crippen LogP) is 3.95. The molecule has 0 spiro atoms. The van der Waals surface area contributed by atoms with Gasteiger partial charge >= 0.3 is 0 Å². The van der Waals surface area contributed by atoms with E-state index in [4.69, 9.17) is 34.8 Å². The predicted molar refractivity (Wildman–Crippen MR) is 107 cm³/mol. The third-order valence-electron chi connectivity index (χ3n) is 2.82. The van der Waals surface area contributed by atoms with Gasteiger partial charge in [-0.3, -0.25) is 9.59 Å². The summed E-state index contributed by atoms with van der Waals surface area (Å²) in [6.45, 7) is 2.02. The lowest BCUT2D eigenvalue weighted by molar-refractivity contribution is 0.0948. The highest BCUT2D eigenvalue weighted by atomic mass is 35.5. The summed E-state index contributed by atoms with van der Waals surface area (Å²) in [5.41, 5.74) is 0.540. The molecule has 6 nitrogen and oxygen atoms in total. The molecule has 2 heterocycles. The van der Waals surface area contributed by atoms with Crippen LogP contribution < -0.4 is 10.6 Å². The lowest BCUT2D eigenvalue weighted by Crippen LogP contribution is -2.20. The molecule has 2 rings (SSSR count). The van der Waals surface area contributed by atoms with E-state index in [9.17, 15) is 9.59 Å². The summed E-state index contributed by atoms with van der Waals surface area (Å²) in [5.74, 6) is 0.346. The number of amides is 2. The van der Waals surface area contributed by atoms with Crippen molar-refractivity contribution in [3.8, 4) is 0 Å². The third kappa shape index (κ3) is 6.64. The molecule has 2 aromatic rings. The Hall–Kier alpha value is -1.54. The lowest BCUT2D eigenvalue weighted by Gasteiger charge is -2.05. The van der Waals surface area contributed by atoms with Crippen LogP contribution in [0.15, 0.2) is 29.2 Å². The highest BCUT2D eigenvalue weighted by molar-refractivity contribution is 7.99. The van der Waals surface area contributed by atoms with Crippen LogP contribution in [0.1, 0.15) is 27.9 Å². The number of rotatable bonds is 4. The fourth-order valence-electron chi connectivity index (χ4n) is 1.67. The molecular formula is C16H17Cl3N4O2S. The van der Waals surface area contributed by atoms with Gasteiger partial charge in [0.25, 0.3) is 11.8 Å². The number of carbonyl (C=O) groups is 2. The molecular weight excluding hydrogens is 419 g/mol. The molecule has 2 amide bonds. The number of pyridine rings is 2. The highest BCUT2D eigenvalue weighted by Gasteiger charge is 2.12. The monoisotopic (exact) mass is 434 g/mol. The van der Waals surface area contributed by atoms with E-state index in [-0.39, 0.29) is 22.7 Å². The van der Waals surface area contributed by atoms with Gasteiger partial charge in [0.15, 0.2) is 0 Å². The van der Waals surface area contributed by atoms with E-state index in [1.807, 2.05) is 13.0 Å². The molecule has 0 aromatic carbocycles. The van der Waals surface area contributed by atoms with E-state index in [0.29, 0.717) is 15.9 Å². The molecule has 0 fully saturated rings. The smallest absolute Gasteiger partial charge is 0.271 e. The maximum Gasteiger partial charge on any atom is 0.271 e. The van der Waals surface area contributed by atoms with E-state index in [1.165, 1.54) is 19.2 Å². The van der Waals surface area contributed by atoms with Gasteiger partial charge in [0.1, 0.15) is 21.7 Å². The summed E-state index contributed by atoms with van der Waals surface area (Å²) in [5, 5.41) is 5.81. The number of hydrogen-bond acceptors (Lipinski definition) is 5. The second-order valence-electron chi connectivity index (χ2n) is 4.54. The Labute approximate surface area is 171 Å². The fraction of sp³-hybridized carbons (Fsp3) is 0.250. The van der Waals surface area contributed by atoms with Crippen molar-refractivity contribution in [1.82, 2.24) is 20.6 Å². The summed E-state index contributed by atoms with van der Waals surface area (Å²) in [6.07, 6.45) is 0. The zero-order chi connectivity index (χ0) is 19.7. The Morgan fingerprint density at radius 1 is 0.923 bits per heavy atom. The van der Waals surface area contributed by atoms with Gasteiger partial charge in [-0.05, 0) is 30.0 Å². The first kappa shape index (κ1) is 22.5. The van der Waals surface area contributed by atoms with Crippen LogP contribution in [0.2, 0.25) is 15.3 Å². The number of nitrogens with zero attached hydrogens (tertiary/aromatic N) is 2. The standard InChI is InChI=1S/C9H11ClN2OS.C7H6Cl2N2O/c1-3-14-6-4-5-7(10)12-8(6)9(13)11-2;1-10-7(12)6-4(8)2-3-5(9)11-6/h4-5H,3H2,1-2H3,(H,11,13);2-3H,1H3,(H,10,12). The topological polar surface area (TPSA) is 84.0 Å². The Morgan fingerprint density at radius 3 is 1.96 bits per heavy atom. The third-order valence-corrected chi connectivity index (χ3v) is 4.48. The Balaban J connectivity index is 0.000000263. The van der Waals surface area contributed by atoms with Crippen LogP contribution in [0.4, 0.5) is 0 Å². The first-order chi connectivity index (χ1) is 12.3. The molecule has 0 aliphatic heterocycles. The first-order valence-electron chi connectivity index (χ1n) is 7.39. The van der Waals surface area contributed by atoms with Crippen LogP contribution in [0, 0.1) is 0 Å². The number of halogens is 3. The maximum absolute atomic E-state index is 11.4. The van der Waals surface area contributed by atoms with Crippen LogP contribution in [0.25, 0.3) is 0 Å². The SMILES string of the molecule is CCSc1ccc(Cl)nc1C(=O)NC.CNC(=O)c1nc(Cl)ccc1Cl. The van der Waals surface area contributed by atoms with Crippen molar-refractivity contribution >= 4 is 58.4 Å². The van der Waals surface area contributed by atoms with E-state index in [2.05, 4.69) is 20.6 Å². The molecule has 10 heteroatoms. The Bertz CT molecular complexity index is 790. The number of aromatic nitrogens is 2. The van der Waals surface area contributed by atoms with Crippen molar-refractivity contribution in [1.29, 1.82) is 0 Å². The molecule has 0 unspecified atom stereocenters. The van der Waals surface area contributed by atoms with Crippen LogP contribution in [0.5, 0.6) is 0 Å². The second kappa shape index (κ2) is 11.2. The van der Waals surface area contributed by atoms with E-state index in [1.54, 1.807) is 24.9 Å². The van der Waals surface area contributed by atoms with Crippen LogP contribution in [-0.2, 0) is 0 Å². The van der Waals surface area contributed by atoms with Gasteiger partial charge in [0.2, 0.25) is 0 Å². The van der Waals surface area contributed by atoms with Crippen molar-refractivity contribution in [2.24, 2.45) is 0 Å². The minimum Gasteiger partial charge on any atom is -0.354 e. The average molecular weight is 436 g/mol. The molecule has 0 radical (unpaired) electrons. The number of carbonyl (C=O) groups excluding carboxylic acids is 2. The van der Waals surface area contributed by atoms with Gasteiger partial charge in [-0.15, -0.1) is 11.8 Å². The summed E-state index contributed by atoms with van der Waals surface area (Å²) in [4.78, 5) is 31.1. The zero-order valence-corrected chi connectivity index (χ0v) is 17.4. The van der Waals surface area contributed by atoms with Gasteiger partial charge in [-0.25, -0.2) is 9.97 Å². The van der Waals surface area contributed by atoms with E-state index >= 15 is 0 Å². The quantitative estimate of drug-likeness (QED) is 0.561. The highest BCUT2D eigenvalue weighted by Crippen LogP contribution is 2.22. The molecule has 2 N–H and O–H groups in total. The molecule has 140 valence electrons.